The number of amides is 12. The van der Waals surface area contributed by atoms with Gasteiger partial charge in [-0.1, -0.05) is 39.8 Å². The van der Waals surface area contributed by atoms with Crippen LogP contribution in [0.3, 0.4) is 0 Å². The van der Waals surface area contributed by atoms with Crippen LogP contribution in [0, 0.1) is 11.7 Å². The first-order chi connectivity index (χ1) is 57.8. The average molecular weight is 1690 g/mol. The Balaban J connectivity index is 0.689. The van der Waals surface area contributed by atoms with Gasteiger partial charge in [-0.25, -0.2) is 28.6 Å². The lowest BCUT2D eigenvalue weighted by Gasteiger charge is -2.31. The third kappa shape index (κ3) is 27.0. The van der Waals surface area contributed by atoms with Crippen molar-refractivity contribution >= 4 is 106 Å². The van der Waals surface area contributed by atoms with Gasteiger partial charge in [-0.15, -0.1) is 0 Å². The molecule has 2 aromatic heterocycles. The van der Waals surface area contributed by atoms with Gasteiger partial charge in [0.25, 0.3) is 29.2 Å². The van der Waals surface area contributed by atoms with E-state index in [-0.39, 0.29) is 165 Å². The van der Waals surface area contributed by atoms with Crippen LogP contribution < -0.4 is 63.5 Å². The van der Waals surface area contributed by atoms with Gasteiger partial charge in [-0.3, -0.25) is 62.4 Å². The van der Waals surface area contributed by atoms with E-state index >= 15 is 4.39 Å². The Bertz CT molecular complexity index is 4730. The molecular weight excluding hydrogens is 1580 g/mol. The zero-order valence-electron chi connectivity index (χ0n) is 67.9. The number of aliphatic carboxylic acids is 3. The number of carbonyl (C=O) groups excluding carboxylic acids is 12. The molecular formula is C83H104FN13O24. The number of pyridine rings is 2. The number of carboxylic acids is 3. The Labute approximate surface area is 695 Å². The van der Waals surface area contributed by atoms with Gasteiger partial charge in [0, 0.05) is 110 Å². The maximum Gasteiger partial charge on any atom is 0.343 e. The molecule has 8 rings (SSSR count). The summed E-state index contributed by atoms with van der Waals surface area (Å²) >= 11 is 0. The number of fused-ring (bicyclic) bond motifs is 5. The fourth-order valence-electron chi connectivity index (χ4n) is 13.5. The Morgan fingerprint density at radius 1 is 0.595 bits per heavy atom. The number of anilines is 1. The van der Waals surface area contributed by atoms with Crippen molar-refractivity contribution in [2.45, 2.75) is 193 Å². The van der Waals surface area contributed by atoms with Crippen LogP contribution >= 0.6 is 0 Å². The van der Waals surface area contributed by atoms with Crippen molar-refractivity contribution in [3.63, 3.8) is 0 Å². The molecule has 37 nitrogen and oxygen atoms in total. The van der Waals surface area contributed by atoms with E-state index in [0.29, 0.717) is 83.2 Å². The molecule has 0 saturated heterocycles. The molecule has 0 spiro atoms. The molecule has 0 unspecified atom stereocenters. The minimum absolute atomic E-state index is 0.0142. The summed E-state index contributed by atoms with van der Waals surface area (Å²) in [6.45, 7) is 9.48. The summed E-state index contributed by atoms with van der Waals surface area (Å²) in [5.41, 5.74) is 2.18. The number of imide groups is 1. The van der Waals surface area contributed by atoms with Crippen LogP contribution in [-0.2, 0) is 104 Å². The van der Waals surface area contributed by atoms with Crippen LogP contribution in [0.25, 0.3) is 22.3 Å². The standard InChI is InChI=1S/C83H104FN13O24/c1-6-53-54-41-64(58(84)43-62(54)92-72-55(53)44-97-63(72)42-57-56(78(97)110)46-121-81(115)83(57,117)7-2)120-45-49-19-25-52(26-20-49)90-73(105)48(5)89-77(109)71(47(3)4)95-76(108)59(91-67(100)18-14-36-96-68(101)28-29-69(96)102)15-8-11-33-86-66(99)31-37-118-39-40-119-38-35-88-75(107)51-23-21-50(22-24-51)74(106)87-34-13-10-17-65(98)85-32-12-9-16-60(79(111)112)93-82(116)94-61(80(113)114)27-30-70(103)104/h19-26,28-29,41-43,47-48,59-61,71,117H,6-18,27,30-40,44-46H2,1-5H3,(H,85,98)(H,86,99)(H,87,106)(H,88,107)(H,89,109)(H,90,105)(H,91,100)(H,95,108)(H,103,104)(H,111,112)(H,113,114)(H2,93,94,116)/t48-,59-,60-,61-,71-,83-/m0/s1. The molecule has 6 atom stereocenters. The van der Waals surface area contributed by atoms with Gasteiger partial charge in [0.15, 0.2) is 17.2 Å². The third-order valence-electron chi connectivity index (χ3n) is 20.4. The molecule has 5 aromatic rings. The molecule has 0 radical (unpaired) electrons. The van der Waals surface area contributed by atoms with Crippen molar-refractivity contribution in [2.24, 2.45) is 5.92 Å². The minimum Gasteiger partial charge on any atom is -0.486 e. The van der Waals surface area contributed by atoms with Crippen LogP contribution in [0.5, 0.6) is 5.75 Å². The molecule has 3 aromatic carbocycles. The molecule has 3 aliphatic heterocycles. The molecule has 0 fully saturated rings. The Morgan fingerprint density at radius 3 is 1.79 bits per heavy atom. The summed E-state index contributed by atoms with van der Waals surface area (Å²) in [6.07, 6.45) is 4.21. The van der Waals surface area contributed by atoms with E-state index in [4.69, 9.17) is 29.0 Å². The summed E-state index contributed by atoms with van der Waals surface area (Å²) in [7, 11) is 0. The number of unbranched alkanes of at least 4 members (excludes halogenated alkanes) is 3. The summed E-state index contributed by atoms with van der Waals surface area (Å²) in [5.74, 6) is -11.2. The van der Waals surface area contributed by atoms with E-state index in [0.717, 1.165) is 28.2 Å². The number of aliphatic hydroxyl groups is 1. The van der Waals surface area contributed by atoms with E-state index in [1.807, 2.05) is 6.92 Å². The molecule has 14 N–H and O–H groups in total. The normalized spacial score (nSPS) is 15.0. The smallest absolute Gasteiger partial charge is 0.343 e. The number of nitrogens with zero attached hydrogens (tertiary/aromatic N) is 3. The summed E-state index contributed by atoms with van der Waals surface area (Å²) in [6, 6.07) is 9.44. The largest absolute Gasteiger partial charge is 0.486 e. The van der Waals surface area contributed by atoms with Crippen molar-refractivity contribution in [1.82, 2.24) is 62.3 Å². The van der Waals surface area contributed by atoms with Crippen molar-refractivity contribution in [3.05, 3.63) is 134 Å². The van der Waals surface area contributed by atoms with Crippen molar-refractivity contribution in [2.75, 3.05) is 64.5 Å². The lowest BCUT2D eigenvalue weighted by molar-refractivity contribution is -0.172. The summed E-state index contributed by atoms with van der Waals surface area (Å²) < 4.78 is 39.7. The third-order valence-corrected chi connectivity index (χ3v) is 20.4. The number of nitrogens with one attached hydrogen (secondary N) is 10. The Hall–Kier alpha value is -12.6. The number of esters is 1. The van der Waals surface area contributed by atoms with E-state index < -0.39 is 137 Å². The number of urea groups is 1. The molecule has 12 amide bonds. The second kappa shape index (κ2) is 45.6. The number of halogens is 1. The number of hydrogen-bond donors (Lipinski definition) is 14. The van der Waals surface area contributed by atoms with E-state index in [1.165, 1.54) is 41.8 Å². The van der Waals surface area contributed by atoms with Gasteiger partial charge in [-0.05, 0) is 150 Å². The Kier molecular flexibility index (Phi) is 35.4. The first-order valence-electron chi connectivity index (χ1n) is 40.2. The molecule has 38 heteroatoms. The van der Waals surface area contributed by atoms with Gasteiger partial charge < -0.3 is 97.1 Å². The lowest BCUT2D eigenvalue weighted by atomic mass is 9.86. The molecule has 0 aliphatic carbocycles. The number of rotatable bonds is 50. The number of cyclic esters (lactones) is 1. The van der Waals surface area contributed by atoms with Crippen molar-refractivity contribution in [3.8, 4) is 17.1 Å². The highest BCUT2D eigenvalue weighted by Gasteiger charge is 2.46. The maximum absolute atomic E-state index is 15.9. The zero-order chi connectivity index (χ0) is 88.0. The average Bonchev–Trinajstić information content (AvgIpc) is 1.59. The van der Waals surface area contributed by atoms with Crippen LogP contribution in [0.2, 0.25) is 0 Å². The molecule has 121 heavy (non-hydrogen) atoms. The molecule has 5 heterocycles. The van der Waals surface area contributed by atoms with Crippen LogP contribution in [0.1, 0.15) is 179 Å². The number of benzene rings is 3. The molecule has 3 aliphatic rings. The highest BCUT2D eigenvalue weighted by atomic mass is 19.1. The van der Waals surface area contributed by atoms with Crippen LogP contribution in [-0.4, -0.2) is 213 Å². The second-order valence-electron chi connectivity index (χ2n) is 29.5. The fraction of sp³-hybridized carbons (Fsp3) is 0.482. The number of hydrogen-bond acceptors (Lipinski definition) is 22. The van der Waals surface area contributed by atoms with E-state index in [9.17, 15) is 92.0 Å². The predicted molar refractivity (Wildman–Crippen MR) is 431 cm³/mol. The van der Waals surface area contributed by atoms with E-state index in [1.54, 1.807) is 57.2 Å². The van der Waals surface area contributed by atoms with Gasteiger partial charge >= 0.3 is 29.9 Å². The van der Waals surface area contributed by atoms with Gasteiger partial charge in [0.1, 0.15) is 43.4 Å². The second-order valence-corrected chi connectivity index (χ2v) is 29.5. The number of ether oxygens (including phenoxy) is 4. The molecule has 0 bridgehead atoms. The highest BCUT2D eigenvalue weighted by Crippen LogP contribution is 2.41. The Morgan fingerprint density at radius 2 is 1.18 bits per heavy atom. The lowest BCUT2D eigenvalue weighted by Crippen LogP contribution is -2.57. The molecule has 652 valence electrons. The number of carboxylic acid groups (broad SMARTS) is 3. The first kappa shape index (κ1) is 93.9. The minimum atomic E-state index is -2.01. The quantitative estimate of drug-likeness (QED) is 0.0147. The van der Waals surface area contributed by atoms with Gasteiger partial charge in [0.05, 0.1) is 55.4 Å². The number of aryl methyl sites for hydroxylation is 1. The monoisotopic (exact) mass is 1690 g/mol. The first-order valence-corrected chi connectivity index (χ1v) is 40.2. The summed E-state index contributed by atoms with van der Waals surface area (Å²) in [4.78, 5) is 208. The number of carbonyl (C=O) groups is 15. The maximum atomic E-state index is 15.9. The SMILES string of the molecule is CCc1c2c(nc3cc(F)c(OCc4ccc(NC(=O)[C@H](C)NC(=O)[C@@H](NC(=O)[C@H](CCCCNC(=O)CCOCCOCCNC(=O)c5ccc(C(=O)NCCCCC(=O)NCCCC[C@H](NC(=O)N[C@@H](CCC(=O)O)C(=O)O)C(=O)O)cc5)NC(=O)CCCN5C(=O)C=CC5=O)C(C)C)cc4)cc13)-c1cc3c(c(=O)n1C2)COC(=O)[C@]3(O)CC. The van der Waals surface area contributed by atoms with Crippen molar-refractivity contribution in [1.29, 1.82) is 0 Å². The van der Waals surface area contributed by atoms with Crippen molar-refractivity contribution < 1.29 is 116 Å². The fourth-order valence-corrected chi connectivity index (χ4v) is 13.5. The van der Waals surface area contributed by atoms with Gasteiger partial charge in [-0.2, -0.15) is 0 Å². The predicted octanol–water partition coefficient (Wildman–Crippen LogP) is 3.53. The topological polar surface area (TPSA) is 532 Å². The van der Waals surface area contributed by atoms with Crippen LogP contribution in [0.4, 0.5) is 14.9 Å². The molecule has 0 saturated carbocycles. The number of aromatic nitrogens is 2. The zero-order valence-corrected chi connectivity index (χ0v) is 67.9. The van der Waals surface area contributed by atoms with Gasteiger partial charge in [0.2, 0.25) is 35.4 Å². The highest BCUT2D eigenvalue weighted by molar-refractivity contribution is 6.13. The van der Waals surface area contributed by atoms with E-state index in [2.05, 4.69) is 53.2 Å². The summed E-state index contributed by atoms with van der Waals surface area (Å²) in [5, 5.41) is 65.5. The van der Waals surface area contributed by atoms with Crippen LogP contribution in [0.15, 0.2) is 83.7 Å².